The summed E-state index contributed by atoms with van der Waals surface area (Å²) in [7, 11) is 0. The van der Waals surface area contributed by atoms with Gasteiger partial charge < -0.3 is 11.1 Å². The van der Waals surface area contributed by atoms with E-state index >= 15 is 0 Å². The molecule has 3 rings (SSSR count). The smallest absolute Gasteiger partial charge is 0.249 e. The Morgan fingerprint density at radius 1 is 1.50 bits per heavy atom. The Hall–Kier alpha value is -0.870. The Bertz CT molecular complexity index is 536. The Labute approximate surface area is 124 Å². The summed E-state index contributed by atoms with van der Waals surface area (Å²) in [5.41, 5.74) is 6.78. The van der Waals surface area contributed by atoms with Crippen molar-refractivity contribution < 1.29 is 4.79 Å². The number of hydrogen-bond donors (Lipinski definition) is 2. The molecule has 2 aliphatic rings. The highest BCUT2D eigenvalue weighted by atomic mass is 32.1. The minimum Gasteiger partial charge on any atom is -0.366 e. The van der Waals surface area contributed by atoms with E-state index in [0.717, 1.165) is 12.5 Å². The van der Waals surface area contributed by atoms with E-state index in [9.17, 15) is 4.79 Å². The van der Waals surface area contributed by atoms with Crippen LogP contribution in [0.15, 0.2) is 11.4 Å². The molecule has 2 fully saturated rings. The van der Waals surface area contributed by atoms with E-state index < -0.39 is 0 Å². The van der Waals surface area contributed by atoms with Crippen molar-refractivity contribution in [1.82, 2.24) is 5.32 Å². The van der Waals surface area contributed by atoms with E-state index in [1.807, 2.05) is 11.4 Å². The molecule has 3 nitrogen and oxygen atoms in total. The predicted molar refractivity (Wildman–Crippen MR) is 82.7 cm³/mol. The normalized spacial score (nSPS) is 34.5. The first-order chi connectivity index (χ1) is 9.34. The van der Waals surface area contributed by atoms with Crippen LogP contribution >= 0.6 is 11.3 Å². The van der Waals surface area contributed by atoms with Gasteiger partial charge in [0.25, 0.3) is 0 Å². The summed E-state index contributed by atoms with van der Waals surface area (Å²) in [6.45, 7) is 8.16. The first-order valence-electron chi connectivity index (χ1n) is 7.45. The van der Waals surface area contributed by atoms with Crippen LogP contribution in [0.1, 0.15) is 55.3 Å². The van der Waals surface area contributed by atoms with Crippen LogP contribution in [0.5, 0.6) is 0 Å². The third-order valence-corrected chi connectivity index (χ3v) is 7.19. The molecule has 3 atom stereocenters. The van der Waals surface area contributed by atoms with Crippen molar-refractivity contribution in [1.29, 1.82) is 0 Å². The van der Waals surface area contributed by atoms with Gasteiger partial charge in [0.15, 0.2) is 0 Å². The maximum atomic E-state index is 11.1. The first kappa shape index (κ1) is 14.1. The van der Waals surface area contributed by atoms with E-state index in [1.54, 1.807) is 11.3 Å². The summed E-state index contributed by atoms with van der Waals surface area (Å²) >= 11 is 1.62. The number of thiophene rings is 1. The summed E-state index contributed by atoms with van der Waals surface area (Å²) < 4.78 is 0. The SMILES string of the molecule is CC1(C)C2CCC1(C)C(NCc1cc(C(N)=O)cs1)C2. The van der Waals surface area contributed by atoms with Crippen LogP contribution in [0.25, 0.3) is 0 Å². The van der Waals surface area contributed by atoms with E-state index in [-0.39, 0.29) is 5.91 Å². The van der Waals surface area contributed by atoms with Gasteiger partial charge in [-0.1, -0.05) is 20.8 Å². The Morgan fingerprint density at radius 2 is 2.25 bits per heavy atom. The summed E-state index contributed by atoms with van der Waals surface area (Å²) in [6.07, 6.45) is 4.00. The Kier molecular flexibility index (Phi) is 3.22. The molecule has 2 aliphatic carbocycles. The third-order valence-electron chi connectivity index (χ3n) is 6.25. The second kappa shape index (κ2) is 4.57. The lowest BCUT2D eigenvalue weighted by Crippen LogP contribution is -2.44. The van der Waals surface area contributed by atoms with Crippen molar-refractivity contribution in [3.8, 4) is 0 Å². The maximum Gasteiger partial charge on any atom is 0.249 e. The molecule has 0 saturated heterocycles. The van der Waals surface area contributed by atoms with Gasteiger partial charge in [-0.2, -0.15) is 0 Å². The van der Waals surface area contributed by atoms with Gasteiger partial charge in [0, 0.05) is 22.8 Å². The number of carbonyl (C=O) groups excluding carboxylic acids is 1. The summed E-state index contributed by atoms with van der Waals surface area (Å²) in [4.78, 5) is 12.3. The fourth-order valence-electron chi connectivity index (χ4n) is 4.34. The number of nitrogens with one attached hydrogen (secondary N) is 1. The number of nitrogens with two attached hydrogens (primary N) is 1. The zero-order chi connectivity index (χ0) is 14.5. The molecule has 1 aromatic heterocycles. The largest absolute Gasteiger partial charge is 0.366 e. The molecule has 20 heavy (non-hydrogen) atoms. The van der Waals surface area contributed by atoms with Crippen LogP contribution in [-0.4, -0.2) is 11.9 Å². The van der Waals surface area contributed by atoms with Crippen molar-refractivity contribution in [3.05, 3.63) is 21.9 Å². The van der Waals surface area contributed by atoms with Gasteiger partial charge in [-0.25, -0.2) is 0 Å². The summed E-state index contributed by atoms with van der Waals surface area (Å²) in [5.74, 6) is 0.523. The molecular weight excluding hydrogens is 268 g/mol. The van der Waals surface area contributed by atoms with Crippen molar-refractivity contribution >= 4 is 17.2 Å². The maximum absolute atomic E-state index is 11.1. The molecule has 2 saturated carbocycles. The Balaban J connectivity index is 1.66. The second-order valence-electron chi connectivity index (χ2n) is 7.21. The topological polar surface area (TPSA) is 55.1 Å². The molecule has 2 bridgehead atoms. The minimum atomic E-state index is -0.333. The van der Waals surface area contributed by atoms with E-state index in [0.29, 0.717) is 22.4 Å². The van der Waals surface area contributed by atoms with E-state index in [4.69, 9.17) is 5.73 Å². The van der Waals surface area contributed by atoms with Crippen molar-refractivity contribution in [2.24, 2.45) is 22.5 Å². The zero-order valence-corrected chi connectivity index (χ0v) is 13.3. The number of carbonyl (C=O) groups is 1. The first-order valence-corrected chi connectivity index (χ1v) is 8.33. The molecule has 3 unspecified atom stereocenters. The standard InChI is InChI=1S/C16H24N2OS/c1-15(2)11-4-5-16(15,3)13(7-11)18-8-12-6-10(9-20-12)14(17)19/h6,9,11,13,18H,4-5,7-8H2,1-3H3,(H2,17,19). The number of fused-ring (bicyclic) bond motifs is 2. The lowest BCUT2D eigenvalue weighted by molar-refractivity contribution is 0.100. The number of amides is 1. The summed E-state index contributed by atoms with van der Waals surface area (Å²) in [5, 5.41) is 5.59. The molecule has 0 radical (unpaired) electrons. The van der Waals surface area contributed by atoms with Crippen LogP contribution in [0.2, 0.25) is 0 Å². The highest BCUT2D eigenvalue weighted by Gasteiger charge is 2.60. The lowest BCUT2D eigenvalue weighted by atomic mass is 9.69. The molecular formula is C16H24N2OS. The van der Waals surface area contributed by atoms with Gasteiger partial charge in [0.2, 0.25) is 5.91 Å². The molecule has 0 spiro atoms. The molecule has 1 amide bonds. The van der Waals surface area contributed by atoms with Crippen LogP contribution < -0.4 is 11.1 Å². The van der Waals surface area contributed by atoms with Gasteiger partial charge in [-0.3, -0.25) is 4.79 Å². The van der Waals surface area contributed by atoms with Gasteiger partial charge >= 0.3 is 0 Å². The Morgan fingerprint density at radius 3 is 2.75 bits per heavy atom. The fraction of sp³-hybridized carbons (Fsp3) is 0.688. The van der Waals surface area contributed by atoms with Crippen molar-refractivity contribution in [3.63, 3.8) is 0 Å². The van der Waals surface area contributed by atoms with Crippen LogP contribution in [0, 0.1) is 16.7 Å². The lowest BCUT2D eigenvalue weighted by Gasteiger charge is -2.39. The van der Waals surface area contributed by atoms with Crippen molar-refractivity contribution in [2.75, 3.05) is 0 Å². The predicted octanol–water partition coefficient (Wildman–Crippen LogP) is 3.15. The zero-order valence-electron chi connectivity index (χ0n) is 12.5. The monoisotopic (exact) mass is 292 g/mol. The highest BCUT2D eigenvalue weighted by Crippen LogP contribution is 2.65. The molecule has 3 N–H and O–H groups in total. The average molecular weight is 292 g/mol. The van der Waals surface area contributed by atoms with E-state index in [2.05, 4.69) is 26.1 Å². The molecule has 110 valence electrons. The van der Waals surface area contributed by atoms with Gasteiger partial charge in [0.05, 0.1) is 5.56 Å². The number of rotatable bonds is 4. The molecule has 0 aliphatic heterocycles. The second-order valence-corrected chi connectivity index (χ2v) is 8.21. The highest BCUT2D eigenvalue weighted by molar-refractivity contribution is 7.10. The molecule has 4 heteroatoms. The molecule has 1 heterocycles. The fourth-order valence-corrected chi connectivity index (χ4v) is 5.16. The third kappa shape index (κ3) is 1.92. The van der Waals surface area contributed by atoms with Crippen LogP contribution in [-0.2, 0) is 6.54 Å². The number of hydrogen-bond acceptors (Lipinski definition) is 3. The quantitative estimate of drug-likeness (QED) is 0.895. The molecule has 1 aromatic rings. The van der Waals surface area contributed by atoms with Crippen LogP contribution in [0.3, 0.4) is 0 Å². The minimum absolute atomic E-state index is 0.333. The van der Waals surface area contributed by atoms with Crippen LogP contribution in [0.4, 0.5) is 0 Å². The summed E-state index contributed by atoms with van der Waals surface area (Å²) in [6, 6.07) is 2.51. The van der Waals surface area contributed by atoms with E-state index in [1.165, 1.54) is 24.1 Å². The number of primary amides is 1. The van der Waals surface area contributed by atoms with Gasteiger partial charge in [-0.05, 0) is 42.1 Å². The van der Waals surface area contributed by atoms with Gasteiger partial charge in [0.1, 0.15) is 0 Å². The van der Waals surface area contributed by atoms with Crippen molar-refractivity contribution in [2.45, 2.75) is 52.6 Å². The van der Waals surface area contributed by atoms with Gasteiger partial charge in [-0.15, -0.1) is 11.3 Å². The average Bonchev–Trinajstić information content (AvgIpc) is 2.98. The molecule has 0 aromatic carbocycles.